The van der Waals surface area contributed by atoms with Gasteiger partial charge in [0.15, 0.2) is 5.78 Å². The standard InChI is InChI=1S/C37H46N4O5.C35H46N4O6.C31H38N4O6.C5H9N.9H2S/c42-33(24-37-21-27(22-37)23-37)31-19-25-7-4-9-28(17-25)46-29-10-5-8-26(18-29)20-32(41-15-6-11-34(41)43)36(45)38-30(35(44)39-31)12-16-40-13-2-1-3-14-40;1-35(2,3)45-34(43)29-22-24-10-7-12-26(20-24)44-27-13-8-11-25(21-27)23-30(39-18-9-14-31(39)40)33(42)36-28(32(41)37-29)15-19-38-16-5-4-6-17-38;36-28-11-6-15-35(28)27-20-22-8-5-10-24(18-22)41-23-9-4-7-21(17-23)19-26(31(39)40)33-29(37)25(32-30(27)38)12-16-34-13-2-1-3-14-34;6-5-1-4(2-5)3-5;;;;;;;;;/h4-5,7-10,17-18,27,30-32H,1-3,6,11-16,19-24H2,(H,38,45)(H,39,44);7-8,10-13,20-21,28-30H,4-6,9,14-19,22-23H2,1-3H3,(H,36,42)(H,37,41);4-5,7-10,17-18,25-27H,1-3,6,11-16,19-20H2,(H,32,38)(H,33,37)(H,39,40);4H,1-3,6H2;9*1H2/t27?,30-,31-,32-,37?;28-,29-,30-;25-,26-,27-;;;;;;;;;;/m000........../s1. The van der Waals surface area contributed by atoms with E-state index in [1.165, 1.54) is 38.5 Å². The van der Waals surface area contributed by atoms with Gasteiger partial charge in [0.2, 0.25) is 53.2 Å². The summed E-state index contributed by atoms with van der Waals surface area (Å²) >= 11 is 0. The van der Waals surface area contributed by atoms with Crippen LogP contribution in [-0.4, -0.2) is 249 Å². The summed E-state index contributed by atoms with van der Waals surface area (Å²) in [6, 6.07) is 36.8. The van der Waals surface area contributed by atoms with Gasteiger partial charge < -0.3 is 91.1 Å². The summed E-state index contributed by atoms with van der Waals surface area (Å²) in [6.07, 6.45) is 23.8. The van der Waals surface area contributed by atoms with Gasteiger partial charge in [0.05, 0.1) is 6.04 Å². The Kier molecular flexibility index (Phi) is 49.8. The first-order valence-corrected chi connectivity index (χ1v) is 50.7. The zero-order valence-corrected chi connectivity index (χ0v) is 93.9. The number of carboxylic acids is 1. The third-order valence-electron chi connectivity index (χ3n) is 29.6. The van der Waals surface area contributed by atoms with Crippen LogP contribution in [0.15, 0.2) is 146 Å². The van der Waals surface area contributed by atoms with Gasteiger partial charge >= 0.3 is 11.9 Å². The average molecular weight is 2200 g/mol. The van der Waals surface area contributed by atoms with Gasteiger partial charge in [0.25, 0.3) is 0 Å². The second-order valence-corrected chi connectivity index (χ2v) is 41.8. The Labute approximate surface area is 928 Å². The lowest BCUT2D eigenvalue weighted by atomic mass is 9.43. The van der Waals surface area contributed by atoms with Crippen molar-refractivity contribution in [1.82, 2.24) is 61.3 Å². The molecule has 12 fully saturated rings. The maximum absolute atomic E-state index is 14.2. The Morgan fingerprint density at radius 3 is 0.871 bits per heavy atom. The molecule has 9 N–H and O–H groups in total. The molecule has 9 amide bonds. The lowest BCUT2D eigenvalue weighted by molar-refractivity contribution is -0.159. The Bertz CT molecular complexity index is 5390. The number of Topliss-reactive ketones (excluding diaryl/α,β-unsaturated/α-hetero) is 1. The molecule has 15 aliphatic rings. The highest BCUT2D eigenvalue weighted by Crippen LogP contribution is 2.66. The number of nitrogens with one attached hydrogen (secondary N) is 6. The predicted octanol–water partition coefficient (Wildman–Crippen LogP) is 11.9. The van der Waals surface area contributed by atoms with Gasteiger partial charge in [-0.15, -0.1) is 0 Å². The second kappa shape index (κ2) is 58.4. The fourth-order valence-corrected chi connectivity index (χ4v) is 22.1. The molecule has 6 aromatic rings. The van der Waals surface area contributed by atoms with E-state index in [1.54, 1.807) is 59.7 Å². The van der Waals surface area contributed by atoms with Crippen LogP contribution in [0.3, 0.4) is 0 Å². The van der Waals surface area contributed by atoms with Gasteiger partial charge in [0.1, 0.15) is 88.4 Å². The van der Waals surface area contributed by atoms with E-state index in [4.69, 9.17) is 24.7 Å². The summed E-state index contributed by atoms with van der Waals surface area (Å²) in [5.74, 6) is 0.989. The third-order valence-corrected chi connectivity index (χ3v) is 29.6. The maximum Gasteiger partial charge on any atom is 0.329 e. The number of ether oxygens (including phenoxy) is 4. The zero-order chi connectivity index (χ0) is 96.6. The van der Waals surface area contributed by atoms with Crippen LogP contribution in [0.25, 0.3) is 0 Å². The van der Waals surface area contributed by atoms with E-state index < -0.39 is 89.6 Å². The summed E-state index contributed by atoms with van der Waals surface area (Å²) in [5, 5.41) is 27.7. The van der Waals surface area contributed by atoms with E-state index in [0.717, 1.165) is 137 Å². The SMILES string of the molecule is CC(C)(C)OC(=O)[C@@H]1Cc2cccc(c2)Oc2cccc(c2)C[C@H](N2CCCC2=O)C(=O)N[C@@H](CCN2CCCCC2)C(=O)N1.NC12CC(C1)C2.O=C(CC12CC(C1)C2)[C@@H]1Cc2cccc(c2)Oc2cccc(c2)C[C@H](N2CCCC2=O)C(=O)N[C@@H](CCN2CCCCC2)C(=O)N1.O=C(O)[C@@H]1Cc2cccc(c2)Oc2cccc(c2)C[C@H](N2CCCC2=O)C(=O)N[C@@H](CCN2CCCCC2)C(=O)N1.S.S.S.S.S.S.S.S.S. The van der Waals surface area contributed by atoms with Crippen molar-refractivity contribution in [3.8, 4) is 34.5 Å². The number of nitrogens with zero attached hydrogens (tertiary/aromatic N) is 6. The number of amides is 9. The van der Waals surface area contributed by atoms with Gasteiger partial charge in [-0.3, -0.25) is 47.9 Å². The molecule has 0 aromatic heterocycles. The fraction of sp³-hybridized carbons (Fsp3) is 0.556. The molecule has 6 aromatic carbocycles. The number of hydrogen-bond donors (Lipinski definition) is 8. The molecule has 16 bridgehead atoms. The molecule has 30 nitrogen and oxygen atoms in total. The quantitative estimate of drug-likeness (QED) is 0.0393. The minimum Gasteiger partial charge on any atom is -0.480 e. The van der Waals surface area contributed by atoms with Crippen LogP contribution in [0.4, 0.5) is 0 Å². The first-order chi connectivity index (χ1) is 66.5. The highest BCUT2D eigenvalue weighted by atomic mass is 32.1. The first kappa shape index (κ1) is 125. The number of benzene rings is 6. The molecular weight excluding hydrogens is 2040 g/mol. The Morgan fingerprint density at radius 2 is 0.619 bits per heavy atom. The van der Waals surface area contributed by atoms with Gasteiger partial charge in [-0.25, -0.2) is 9.59 Å². The number of carboxylic acid groups (broad SMARTS) is 1. The number of rotatable bonds is 17. The number of fused-ring (bicyclic) bond motifs is 12. The van der Waals surface area contributed by atoms with Crippen molar-refractivity contribution in [2.75, 3.05) is 78.5 Å². The molecule has 9 atom stereocenters. The van der Waals surface area contributed by atoms with Gasteiger partial charge in [-0.05, 0) is 305 Å². The van der Waals surface area contributed by atoms with Crippen LogP contribution in [0.5, 0.6) is 34.5 Å². The molecule has 0 unspecified atom stereocenters. The molecule has 21 rings (SSSR count). The zero-order valence-electron chi connectivity index (χ0n) is 84.9. The molecule has 6 aliphatic carbocycles. The minimum absolute atomic E-state index is 0. The van der Waals surface area contributed by atoms with Crippen LogP contribution in [0, 0.1) is 17.3 Å². The van der Waals surface area contributed by atoms with E-state index in [1.807, 2.05) is 121 Å². The smallest absolute Gasteiger partial charge is 0.329 e. The summed E-state index contributed by atoms with van der Waals surface area (Å²) < 4.78 is 24.2. The van der Waals surface area contributed by atoms with Crippen LogP contribution in [0.2, 0.25) is 0 Å². The molecule has 810 valence electrons. The highest BCUT2D eigenvalue weighted by Gasteiger charge is 2.58. The number of hydrogen-bond acceptors (Lipinski definition) is 20. The number of esters is 1. The minimum atomic E-state index is -1.20. The number of aliphatic carboxylic acids is 1. The summed E-state index contributed by atoms with van der Waals surface area (Å²) in [4.78, 5) is 174. The van der Waals surface area contributed by atoms with Crippen molar-refractivity contribution in [2.45, 2.75) is 285 Å². The molecule has 0 spiro atoms. The van der Waals surface area contributed by atoms with E-state index >= 15 is 0 Å². The largest absolute Gasteiger partial charge is 0.480 e. The fourth-order valence-electron chi connectivity index (χ4n) is 22.1. The summed E-state index contributed by atoms with van der Waals surface area (Å²) in [6.45, 7) is 14.4. The Balaban J connectivity index is 0.000000281. The van der Waals surface area contributed by atoms with Crippen molar-refractivity contribution < 1.29 is 81.6 Å². The molecule has 9 aliphatic heterocycles. The van der Waals surface area contributed by atoms with Crippen molar-refractivity contribution in [1.29, 1.82) is 0 Å². The van der Waals surface area contributed by atoms with Gasteiger partial charge in [-0.2, -0.15) is 121 Å². The van der Waals surface area contributed by atoms with Crippen LogP contribution >= 0.6 is 121 Å². The number of carbonyl (C=O) groups excluding carboxylic acids is 11. The van der Waals surface area contributed by atoms with E-state index in [0.29, 0.717) is 162 Å². The van der Waals surface area contributed by atoms with Gasteiger partial charge in [-0.1, -0.05) is 92.1 Å². The monoisotopic (exact) mass is 2200 g/mol. The van der Waals surface area contributed by atoms with E-state index in [9.17, 15) is 62.6 Å². The Morgan fingerprint density at radius 1 is 0.354 bits per heavy atom. The lowest BCUT2D eigenvalue weighted by Crippen LogP contribution is -2.64. The summed E-state index contributed by atoms with van der Waals surface area (Å²) in [7, 11) is 0. The van der Waals surface area contributed by atoms with Crippen LogP contribution in [-0.2, 0) is 101 Å². The number of ketones is 1. The molecule has 147 heavy (non-hydrogen) atoms. The predicted molar refractivity (Wildman–Crippen MR) is 612 cm³/mol. The maximum atomic E-state index is 14.2. The van der Waals surface area contributed by atoms with Crippen molar-refractivity contribution in [2.24, 2.45) is 23.0 Å². The number of piperidine rings is 3. The van der Waals surface area contributed by atoms with Crippen LogP contribution < -0.4 is 51.8 Å². The molecular formula is C108H157N13O17S9. The number of nitrogens with two attached hydrogens (primary N) is 1. The highest BCUT2D eigenvalue weighted by molar-refractivity contribution is 7.60. The normalized spacial score (nSPS) is 25.9. The molecule has 6 saturated heterocycles. The van der Waals surface area contributed by atoms with Crippen molar-refractivity contribution in [3.05, 3.63) is 179 Å². The molecule has 9 heterocycles. The third kappa shape index (κ3) is 35.0. The number of carbonyl (C=O) groups is 12. The molecule has 0 radical (unpaired) electrons. The Hall–Kier alpha value is -8.45. The lowest BCUT2D eigenvalue weighted by Gasteiger charge is -2.62. The first-order valence-electron chi connectivity index (χ1n) is 50.7. The molecule has 39 heteroatoms. The molecule has 6 saturated carbocycles. The van der Waals surface area contributed by atoms with Gasteiger partial charge in [0, 0.05) is 103 Å². The second-order valence-electron chi connectivity index (χ2n) is 41.8. The van der Waals surface area contributed by atoms with Crippen molar-refractivity contribution >= 4 is 192 Å². The van der Waals surface area contributed by atoms with E-state index in [-0.39, 0.29) is 194 Å². The van der Waals surface area contributed by atoms with E-state index in [2.05, 4.69) is 46.6 Å². The van der Waals surface area contributed by atoms with Crippen LogP contribution in [0.1, 0.15) is 215 Å². The summed E-state index contributed by atoms with van der Waals surface area (Å²) in [5.41, 5.74) is 10.3. The van der Waals surface area contributed by atoms with Crippen molar-refractivity contribution in [3.63, 3.8) is 0 Å². The topological polar surface area (TPSA) is 380 Å². The average Bonchev–Trinajstić information content (AvgIpc) is 1.04. The number of likely N-dealkylation sites (tertiary alicyclic amines) is 6.